The van der Waals surface area contributed by atoms with Gasteiger partial charge in [0, 0.05) is 0 Å². The number of carboxylic acid groups (broad SMARTS) is 4. The second-order valence-electron chi connectivity index (χ2n) is 11.9. The number of benzene rings is 4. The Labute approximate surface area is 252 Å². The molecule has 0 fully saturated rings. The molecule has 0 heterocycles. The zero-order chi connectivity index (χ0) is 30.9. The van der Waals surface area contributed by atoms with Crippen molar-refractivity contribution >= 4 is 23.9 Å². The summed E-state index contributed by atoms with van der Waals surface area (Å²) < 4.78 is 0. The van der Waals surface area contributed by atoms with E-state index in [1.807, 2.05) is 0 Å². The molecule has 8 rings (SSSR count). The minimum atomic E-state index is -0.892. The summed E-state index contributed by atoms with van der Waals surface area (Å²) in [5.41, 5.74) is 14.6. The van der Waals surface area contributed by atoms with Crippen molar-refractivity contribution in [3.05, 3.63) is 115 Å². The van der Waals surface area contributed by atoms with Crippen LogP contribution >= 0.6 is 0 Å². The van der Waals surface area contributed by atoms with Crippen molar-refractivity contribution in [1.82, 2.24) is 0 Å². The molecule has 4 N–H and O–H groups in total. The van der Waals surface area contributed by atoms with Crippen LogP contribution in [0.1, 0.15) is 85.9 Å². The van der Waals surface area contributed by atoms with Crippen LogP contribution in [0.4, 0.5) is 0 Å². The zero-order valence-corrected chi connectivity index (χ0v) is 23.7. The summed E-state index contributed by atoms with van der Waals surface area (Å²) in [5.74, 6) is -3.57. The SMILES string of the molecule is O=C(O)c1cc2c3c(c1)CCc1cc(C(=O)O)cc(c1-3)CC2.O=C(O)c1cc2c3c(c1)CCc1cc(C(=O)O)cc(c1-3)CC2. The molecule has 0 saturated heterocycles. The van der Waals surface area contributed by atoms with Crippen LogP contribution in [0.15, 0.2) is 48.5 Å². The van der Waals surface area contributed by atoms with E-state index in [4.69, 9.17) is 0 Å². The van der Waals surface area contributed by atoms with Gasteiger partial charge in [0.05, 0.1) is 22.3 Å². The first-order valence-corrected chi connectivity index (χ1v) is 14.7. The standard InChI is InChI=1S/2C18H14O4/c2*19-17(20)13-5-9-1-2-10-6-14(18(21)22)8-12-4-3-11(7-13)15(9)16(10)12/h2*5-8H,1-4H2,(H,19,20)(H,21,22). The highest BCUT2D eigenvalue weighted by Crippen LogP contribution is 2.45. The van der Waals surface area contributed by atoms with E-state index in [1.165, 1.54) is 0 Å². The van der Waals surface area contributed by atoms with Gasteiger partial charge in [-0.25, -0.2) is 19.2 Å². The first kappa shape index (κ1) is 27.6. The minimum absolute atomic E-state index is 0.350. The zero-order valence-electron chi connectivity index (χ0n) is 23.7. The molecule has 0 aliphatic heterocycles. The molecule has 8 nitrogen and oxygen atoms in total. The predicted octanol–water partition coefficient (Wildman–Crippen LogP) is 5.89. The lowest BCUT2D eigenvalue weighted by Gasteiger charge is -2.30. The normalized spacial score (nSPS) is 14.4. The van der Waals surface area contributed by atoms with Crippen molar-refractivity contribution in [2.24, 2.45) is 0 Å². The molecule has 0 spiro atoms. The van der Waals surface area contributed by atoms with Gasteiger partial charge in [-0.3, -0.25) is 0 Å². The Morgan fingerprint density at radius 2 is 0.455 bits per heavy atom. The highest BCUT2D eigenvalue weighted by Gasteiger charge is 2.29. The number of aryl methyl sites for hydroxylation is 8. The van der Waals surface area contributed by atoms with Gasteiger partial charge in [-0.15, -0.1) is 0 Å². The molecule has 0 aromatic heterocycles. The number of rotatable bonds is 4. The van der Waals surface area contributed by atoms with Gasteiger partial charge in [-0.05, 0) is 167 Å². The fourth-order valence-corrected chi connectivity index (χ4v) is 7.50. The maximum atomic E-state index is 11.3. The Bertz CT molecular complexity index is 1600. The maximum Gasteiger partial charge on any atom is 0.335 e. The van der Waals surface area contributed by atoms with Crippen molar-refractivity contribution in [1.29, 1.82) is 0 Å². The van der Waals surface area contributed by atoms with E-state index in [0.29, 0.717) is 22.3 Å². The highest BCUT2D eigenvalue weighted by molar-refractivity contribution is 5.95. The van der Waals surface area contributed by atoms with Gasteiger partial charge >= 0.3 is 23.9 Å². The van der Waals surface area contributed by atoms with E-state index in [9.17, 15) is 39.6 Å². The van der Waals surface area contributed by atoms with Crippen LogP contribution in [0.3, 0.4) is 0 Å². The maximum absolute atomic E-state index is 11.3. The summed E-state index contributed by atoms with van der Waals surface area (Å²) in [5, 5.41) is 37.0. The number of carboxylic acids is 4. The van der Waals surface area contributed by atoms with Crippen molar-refractivity contribution in [2.75, 3.05) is 0 Å². The summed E-state index contributed by atoms with van der Waals surface area (Å²) in [6, 6.07) is 14.1. The molecule has 4 aliphatic rings. The summed E-state index contributed by atoms with van der Waals surface area (Å²) >= 11 is 0. The topological polar surface area (TPSA) is 149 Å². The lowest BCUT2D eigenvalue weighted by molar-refractivity contribution is 0.0685. The molecule has 0 saturated carbocycles. The Morgan fingerprint density at radius 1 is 0.318 bits per heavy atom. The molecular formula is C36H28O8. The first-order chi connectivity index (χ1) is 21.1. The van der Waals surface area contributed by atoms with Crippen LogP contribution in [0.5, 0.6) is 0 Å². The van der Waals surface area contributed by atoms with Gasteiger partial charge in [0.25, 0.3) is 0 Å². The molecule has 0 radical (unpaired) electrons. The predicted molar refractivity (Wildman–Crippen MR) is 161 cm³/mol. The van der Waals surface area contributed by atoms with Gasteiger partial charge in [-0.1, -0.05) is 0 Å². The van der Waals surface area contributed by atoms with Gasteiger partial charge in [-0.2, -0.15) is 0 Å². The number of hydrogen-bond donors (Lipinski definition) is 4. The molecular weight excluding hydrogens is 560 g/mol. The van der Waals surface area contributed by atoms with E-state index in [0.717, 1.165) is 118 Å². The Balaban J connectivity index is 0.000000142. The van der Waals surface area contributed by atoms with Crippen LogP contribution in [-0.4, -0.2) is 44.3 Å². The second kappa shape index (κ2) is 10.2. The number of hydrogen-bond acceptors (Lipinski definition) is 4. The number of carbonyl (C=O) groups is 4. The van der Waals surface area contributed by atoms with Crippen LogP contribution in [0.25, 0.3) is 22.3 Å². The third-order valence-corrected chi connectivity index (χ3v) is 9.35. The third-order valence-electron chi connectivity index (χ3n) is 9.35. The van der Waals surface area contributed by atoms with Gasteiger partial charge in [0.1, 0.15) is 0 Å². The molecule has 0 amide bonds. The molecule has 0 atom stereocenters. The Kier molecular flexibility index (Phi) is 6.39. The van der Waals surface area contributed by atoms with Crippen molar-refractivity contribution in [3.8, 4) is 22.3 Å². The van der Waals surface area contributed by atoms with E-state index >= 15 is 0 Å². The lowest BCUT2D eigenvalue weighted by Crippen LogP contribution is -2.17. The molecule has 4 aromatic carbocycles. The average Bonchev–Trinajstić information content (AvgIpc) is 3.01. The first-order valence-electron chi connectivity index (χ1n) is 14.7. The van der Waals surface area contributed by atoms with E-state index in [-0.39, 0.29) is 0 Å². The Hall–Kier alpha value is -5.24. The molecule has 4 aromatic rings. The quantitative estimate of drug-likeness (QED) is 0.230. The fraction of sp³-hybridized carbons (Fsp3) is 0.222. The van der Waals surface area contributed by atoms with Crippen LogP contribution in [0.2, 0.25) is 0 Å². The van der Waals surface area contributed by atoms with Crippen LogP contribution in [0, 0.1) is 0 Å². The monoisotopic (exact) mass is 588 g/mol. The summed E-state index contributed by atoms with van der Waals surface area (Å²) in [4.78, 5) is 45.1. The van der Waals surface area contributed by atoms with Crippen LogP contribution < -0.4 is 0 Å². The van der Waals surface area contributed by atoms with Crippen molar-refractivity contribution in [2.45, 2.75) is 51.4 Å². The minimum Gasteiger partial charge on any atom is -0.478 e. The third kappa shape index (κ3) is 4.45. The average molecular weight is 589 g/mol. The van der Waals surface area contributed by atoms with Gasteiger partial charge < -0.3 is 20.4 Å². The molecule has 0 unspecified atom stereocenters. The molecule has 220 valence electrons. The molecule has 44 heavy (non-hydrogen) atoms. The summed E-state index contributed by atoms with van der Waals surface area (Å²) in [6.07, 6.45) is 6.10. The largest absolute Gasteiger partial charge is 0.478 e. The van der Waals surface area contributed by atoms with E-state index in [1.54, 1.807) is 48.5 Å². The van der Waals surface area contributed by atoms with Gasteiger partial charge in [0.15, 0.2) is 0 Å². The summed E-state index contributed by atoms with van der Waals surface area (Å²) in [6.45, 7) is 0. The van der Waals surface area contributed by atoms with Gasteiger partial charge in [0.2, 0.25) is 0 Å². The van der Waals surface area contributed by atoms with Crippen molar-refractivity contribution < 1.29 is 39.6 Å². The number of aromatic carboxylic acids is 4. The second-order valence-corrected chi connectivity index (χ2v) is 11.9. The molecule has 4 aliphatic carbocycles. The smallest absolute Gasteiger partial charge is 0.335 e. The van der Waals surface area contributed by atoms with Crippen LogP contribution in [-0.2, 0) is 51.4 Å². The lowest BCUT2D eigenvalue weighted by atomic mass is 9.74. The fourth-order valence-electron chi connectivity index (χ4n) is 7.50. The highest BCUT2D eigenvalue weighted by atomic mass is 16.4. The summed E-state index contributed by atoms with van der Waals surface area (Å²) in [7, 11) is 0. The molecule has 8 heteroatoms. The van der Waals surface area contributed by atoms with E-state index in [2.05, 4.69) is 0 Å². The van der Waals surface area contributed by atoms with Crippen molar-refractivity contribution in [3.63, 3.8) is 0 Å². The Morgan fingerprint density at radius 3 is 0.568 bits per heavy atom. The molecule has 0 bridgehead atoms. The van der Waals surface area contributed by atoms with E-state index < -0.39 is 23.9 Å².